The molecule has 2 aromatic heterocycles. The number of hydrogen-bond donors (Lipinski definition) is 1. The van der Waals surface area contributed by atoms with Crippen LogP contribution in [0.1, 0.15) is 15.2 Å². The normalized spacial score (nSPS) is 10.2. The second-order valence-electron chi connectivity index (χ2n) is 2.68. The van der Waals surface area contributed by atoms with Gasteiger partial charge in [-0.2, -0.15) is 0 Å². The number of carbonyl (C=O) groups excluding carboxylic acids is 1. The summed E-state index contributed by atoms with van der Waals surface area (Å²) in [6.45, 7) is 0.515. The molecule has 15 heavy (non-hydrogen) atoms. The number of halogens is 1. The van der Waals surface area contributed by atoms with Gasteiger partial charge in [-0.3, -0.25) is 4.79 Å². The lowest BCUT2D eigenvalue weighted by Crippen LogP contribution is -2.21. The van der Waals surface area contributed by atoms with E-state index in [0.717, 1.165) is 20.9 Å². The zero-order valence-electron chi connectivity index (χ0n) is 7.44. The molecule has 0 aromatic carbocycles. The molecule has 0 aliphatic carbocycles. The van der Waals surface area contributed by atoms with E-state index >= 15 is 0 Å². The fraction of sp³-hybridized carbons (Fsp3) is 0.125. The Bertz CT molecular complexity index is 454. The van der Waals surface area contributed by atoms with Crippen LogP contribution in [0, 0.1) is 0 Å². The van der Waals surface area contributed by atoms with Crippen LogP contribution in [0.2, 0.25) is 0 Å². The van der Waals surface area contributed by atoms with E-state index in [-0.39, 0.29) is 5.91 Å². The maximum Gasteiger partial charge on any atom is 0.264 e. The van der Waals surface area contributed by atoms with Gasteiger partial charge in [-0.25, -0.2) is 0 Å². The Balaban J connectivity index is 1.95. The molecule has 0 aliphatic rings. The molecule has 0 unspecified atom stereocenters. The maximum absolute atomic E-state index is 11.5. The van der Waals surface area contributed by atoms with Gasteiger partial charge in [-0.1, -0.05) is 4.49 Å². The smallest absolute Gasteiger partial charge is 0.264 e. The highest BCUT2D eigenvalue weighted by Gasteiger charge is 2.08. The van der Waals surface area contributed by atoms with Crippen molar-refractivity contribution in [1.29, 1.82) is 0 Å². The van der Waals surface area contributed by atoms with E-state index in [1.807, 2.05) is 11.4 Å². The van der Waals surface area contributed by atoms with Crippen molar-refractivity contribution >= 4 is 44.7 Å². The number of nitrogens with one attached hydrogen (secondary N) is 1. The predicted molar refractivity (Wildman–Crippen MR) is 63.1 cm³/mol. The van der Waals surface area contributed by atoms with Crippen molar-refractivity contribution < 1.29 is 4.79 Å². The fourth-order valence-corrected chi connectivity index (χ4v) is 2.65. The summed E-state index contributed by atoms with van der Waals surface area (Å²) in [6, 6.07) is 1.97. The summed E-state index contributed by atoms with van der Waals surface area (Å²) in [4.78, 5) is 12.0. The van der Waals surface area contributed by atoms with Crippen LogP contribution in [0.3, 0.4) is 0 Å². The maximum atomic E-state index is 11.5. The van der Waals surface area contributed by atoms with E-state index < -0.39 is 0 Å². The number of nitrogens with zero attached hydrogens (tertiary/aromatic N) is 2. The highest BCUT2D eigenvalue weighted by atomic mass is 79.9. The predicted octanol–water partition coefficient (Wildman–Crippen LogP) is 2.29. The van der Waals surface area contributed by atoms with Gasteiger partial charge < -0.3 is 5.32 Å². The molecule has 0 bridgehead atoms. The number of carbonyl (C=O) groups is 1. The minimum absolute atomic E-state index is 0.136. The third kappa shape index (κ3) is 2.61. The number of thiophene rings is 1. The van der Waals surface area contributed by atoms with Gasteiger partial charge in [-0.15, -0.1) is 16.4 Å². The summed E-state index contributed by atoms with van der Waals surface area (Å²) in [6.07, 6.45) is 1.46. The molecule has 0 spiro atoms. The Morgan fingerprint density at radius 2 is 2.47 bits per heavy atom. The molecule has 78 valence electrons. The molecule has 0 aliphatic heterocycles. The van der Waals surface area contributed by atoms with Crippen LogP contribution in [-0.4, -0.2) is 15.5 Å². The topological polar surface area (TPSA) is 54.9 Å². The van der Waals surface area contributed by atoms with Crippen LogP contribution in [0.25, 0.3) is 0 Å². The largest absolute Gasteiger partial charge is 0.347 e. The summed E-state index contributed by atoms with van der Waals surface area (Å²) >= 11 is 6.10. The molecular weight excluding hydrogens is 298 g/mol. The van der Waals surface area contributed by atoms with Crippen LogP contribution >= 0.6 is 38.8 Å². The fourth-order valence-electron chi connectivity index (χ4n) is 0.975. The quantitative estimate of drug-likeness (QED) is 0.946. The van der Waals surface area contributed by atoms with E-state index in [1.165, 1.54) is 6.20 Å². The molecule has 2 rings (SSSR count). The van der Waals surface area contributed by atoms with Gasteiger partial charge in [0.2, 0.25) is 0 Å². The van der Waals surface area contributed by atoms with Gasteiger partial charge in [0.05, 0.1) is 9.98 Å². The first-order chi connectivity index (χ1) is 7.27. The minimum atomic E-state index is -0.136. The van der Waals surface area contributed by atoms with E-state index in [0.29, 0.717) is 11.4 Å². The first-order valence-corrected chi connectivity index (χ1v) is 6.49. The van der Waals surface area contributed by atoms with E-state index in [4.69, 9.17) is 0 Å². The number of amides is 1. The van der Waals surface area contributed by atoms with Crippen molar-refractivity contribution in [3.05, 3.63) is 31.9 Å². The van der Waals surface area contributed by atoms with Crippen molar-refractivity contribution in [1.82, 2.24) is 14.9 Å². The first-order valence-electron chi connectivity index (χ1n) is 4.05. The molecule has 4 nitrogen and oxygen atoms in total. The van der Waals surface area contributed by atoms with E-state index in [1.54, 1.807) is 11.3 Å². The van der Waals surface area contributed by atoms with Crippen molar-refractivity contribution in [3.8, 4) is 0 Å². The lowest BCUT2D eigenvalue weighted by atomic mass is 10.3. The Labute approximate surface area is 103 Å². The molecule has 2 heterocycles. The SMILES string of the molecule is O=C(NCc1ccsc1Br)c1cnns1. The summed E-state index contributed by atoms with van der Waals surface area (Å²) in [5.41, 5.74) is 1.07. The summed E-state index contributed by atoms with van der Waals surface area (Å²) in [7, 11) is 0. The second kappa shape index (κ2) is 4.82. The summed E-state index contributed by atoms with van der Waals surface area (Å²) in [5, 5.41) is 8.37. The van der Waals surface area contributed by atoms with Crippen LogP contribution in [0.5, 0.6) is 0 Å². The Hall–Kier alpha value is -0.790. The van der Waals surface area contributed by atoms with E-state index in [9.17, 15) is 4.79 Å². The zero-order valence-corrected chi connectivity index (χ0v) is 10.7. The highest BCUT2D eigenvalue weighted by molar-refractivity contribution is 9.11. The summed E-state index contributed by atoms with van der Waals surface area (Å²) in [5.74, 6) is -0.136. The molecule has 0 fully saturated rings. The van der Waals surface area contributed by atoms with Crippen LogP contribution < -0.4 is 5.32 Å². The summed E-state index contributed by atoms with van der Waals surface area (Å²) < 4.78 is 4.68. The first kappa shape index (κ1) is 10.7. The van der Waals surface area contributed by atoms with Crippen LogP contribution in [-0.2, 0) is 6.54 Å². The van der Waals surface area contributed by atoms with Gasteiger partial charge in [0.25, 0.3) is 5.91 Å². The van der Waals surface area contributed by atoms with Gasteiger partial charge in [0.1, 0.15) is 4.88 Å². The van der Waals surface area contributed by atoms with Gasteiger partial charge in [0, 0.05) is 6.54 Å². The van der Waals surface area contributed by atoms with Crippen molar-refractivity contribution in [2.45, 2.75) is 6.54 Å². The standard InChI is InChI=1S/C8H6BrN3OS2/c9-7-5(1-2-14-7)3-10-8(13)6-4-11-12-15-6/h1-2,4H,3H2,(H,10,13). The minimum Gasteiger partial charge on any atom is -0.347 e. The Kier molecular flexibility index (Phi) is 3.45. The lowest BCUT2D eigenvalue weighted by molar-refractivity contribution is 0.0955. The average molecular weight is 304 g/mol. The van der Waals surface area contributed by atoms with Gasteiger partial charge in [0.15, 0.2) is 0 Å². The lowest BCUT2D eigenvalue weighted by Gasteiger charge is -2.01. The average Bonchev–Trinajstić information content (AvgIpc) is 2.85. The zero-order chi connectivity index (χ0) is 10.7. The van der Waals surface area contributed by atoms with Crippen molar-refractivity contribution in [2.75, 3.05) is 0 Å². The van der Waals surface area contributed by atoms with Gasteiger partial charge in [-0.05, 0) is 44.5 Å². The Morgan fingerprint density at radius 3 is 3.07 bits per heavy atom. The molecular formula is C8H6BrN3OS2. The number of rotatable bonds is 3. The third-order valence-electron chi connectivity index (χ3n) is 1.72. The van der Waals surface area contributed by atoms with E-state index in [2.05, 4.69) is 30.8 Å². The molecule has 0 saturated carbocycles. The second-order valence-corrected chi connectivity index (χ2v) is 5.70. The highest BCUT2D eigenvalue weighted by Crippen LogP contribution is 2.23. The molecule has 1 N–H and O–H groups in total. The van der Waals surface area contributed by atoms with Crippen molar-refractivity contribution in [3.63, 3.8) is 0 Å². The van der Waals surface area contributed by atoms with Crippen molar-refractivity contribution in [2.24, 2.45) is 0 Å². The molecule has 0 saturated heterocycles. The van der Waals surface area contributed by atoms with Crippen LogP contribution in [0.15, 0.2) is 21.4 Å². The molecule has 0 atom stereocenters. The molecule has 2 aromatic rings. The number of hydrogen-bond acceptors (Lipinski definition) is 5. The molecule has 1 amide bonds. The monoisotopic (exact) mass is 303 g/mol. The number of aromatic nitrogens is 2. The van der Waals surface area contributed by atoms with Gasteiger partial charge >= 0.3 is 0 Å². The molecule has 0 radical (unpaired) electrons. The Morgan fingerprint density at radius 1 is 1.60 bits per heavy atom. The van der Waals surface area contributed by atoms with Crippen LogP contribution in [0.4, 0.5) is 0 Å². The third-order valence-corrected chi connectivity index (χ3v) is 4.19. The molecule has 7 heteroatoms.